The minimum Gasteiger partial charge on any atom is -0.383 e. The van der Waals surface area contributed by atoms with Gasteiger partial charge in [0.05, 0.1) is 6.61 Å². The highest BCUT2D eigenvalue weighted by Gasteiger charge is 2.37. The number of methoxy groups -OCH3 is 1. The van der Waals surface area contributed by atoms with Crippen LogP contribution < -0.4 is 4.90 Å². The van der Waals surface area contributed by atoms with Crippen LogP contribution in [-0.4, -0.2) is 36.3 Å². The van der Waals surface area contributed by atoms with Gasteiger partial charge in [0, 0.05) is 25.8 Å². The van der Waals surface area contributed by atoms with Crippen LogP contribution in [0.3, 0.4) is 0 Å². The Morgan fingerprint density at radius 3 is 2.63 bits per heavy atom. The highest BCUT2D eigenvalue weighted by molar-refractivity contribution is 6.29. The van der Waals surface area contributed by atoms with E-state index in [1.165, 1.54) is 6.07 Å². The van der Waals surface area contributed by atoms with Crippen molar-refractivity contribution in [3.63, 3.8) is 0 Å². The van der Waals surface area contributed by atoms with Crippen molar-refractivity contribution in [2.45, 2.75) is 25.1 Å². The lowest BCUT2D eigenvalue weighted by atomic mass is 10.4. The zero-order chi connectivity index (χ0) is 14.0. The van der Waals surface area contributed by atoms with E-state index in [9.17, 15) is 13.2 Å². The van der Waals surface area contributed by atoms with Gasteiger partial charge in [0.25, 0.3) is 0 Å². The summed E-state index contributed by atoms with van der Waals surface area (Å²) in [6, 6.07) is 1.56. The number of hydrogen-bond acceptors (Lipinski definition) is 4. The van der Waals surface area contributed by atoms with Crippen molar-refractivity contribution < 1.29 is 17.9 Å². The second-order valence-corrected chi connectivity index (χ2v) is 4.67. The largest absolute Gasteiger partial charge is 0.451 e. The van der Waals surface area contributed by atoms with Gasteiger partial charge in [-0.25, -0.2) is 9.97 Å². The Bertz CT molecular complexity index is 451. The number of halogens is 4. The average molecular weight is 296 g/mol. The molecule has 0 N–H and O–H groups in total. The van der Waals surface area contributed by atoms with E-state index in [0.29, 0.717) is 13.2 Å². The number of aromatic nitrogens is 2. The summed E-state index contributed by atoms with van der Waals surface area (Å²) in [5.41, 5.74) is 0. The Hall–Kier alpha value is -1.08. The molecule has 19 heavy (non-hydrogen) atoms. The zero-order valence-electron chi connectivity index (χ0n) is 10.2. The fourth-order valence-electron chi connectivity index (χ4n) is 1.74. The van der Waals surface area contributed by atoms with Gasteiger partial charge in [0.2, 0.25) is 5.82 Å². The van der Waals surface area contributed by atoms with Crippen LogP contribution in [-0.2, 0) is 10.9 Å². The molecule has 0 spiro atoms. The first-order valence-corrected chi connectivity index (χ1v) is 6.17. The fraction of sp³-hybridized carbons (Fsp3) is 0.636. The van der Waals surface area contributed by atoms with E-state index < -0.39 is 12.0 Å². The number of alkyl halides is 3. The molecule has 0 aromatic carbocycles. The average Bonchev–Trinajstić information content (AvgIpc) is 3.12. The number of rotatable bonds is 5. The molecule has 1 aromatic rings. The Morgan fingerprint density at radius 1 is 1.42 bits per heavy atom. The van der Waals surface area contributed by atoms with Crippen molar-refractivity contribution in [1.82, 2.24) is 9.97 Å². The summed E-state index contributed by atoms with van der Waals surface area (Å²) in [6.45, 7) is 0.894. The molecule has 0 aliphatic heterocycles. The highest BCUT2D eigenvalue weighted by atomic mass is 35.5. The predicted molar refractivity (Wildman–Crippen MR) is 64.3 cm³/mol. The van der Waals surface area contributed by atoms with E-state index in [1.54, 1.807) is 12.0 Å². The van der Waals surface area contributed by atoms with Crippen LogP contribution in [0.25, 0.3) is 0 Å². The molecule has 0 radical (unpaired) electrons. The van der Waals surface area contributed by atoms with Crippen molar-refractivity contribution in [3.05, 3.63) is 17.0 Å². The molecule has 0 unspecified atom stereocenters. The Balaban J connectivity index is 2.28. The molecule has 1 aromatic heterocycles. The smallest absolute Gasteiger partial charge is 0.383 e. The molecule has 0 bridgehead atoms. The summed E-state index contributed by atoms with van der Waals surface area (Å²) < 4.78 is 42.9. The van der Waals surface area contributed by atoms with Gasteiger partial charge in [-0.05, 0) is 12.8 Å². The molecule has 0 atom stereocenters. The van der Waals surface area contributed by atoms with Gasteiger partial charge in [0.15, 0.2) is 0 Å². The minimum absolute atomic E-state index is 0.201. The molecule has 0 amide bonds. The summed E-state index contributed by atoms with van der Waals surface area (Å²) in [4.78, 5) is 8.57. The molecule has 0 saturated heterocycles. The maximum Gasteiger partial charge on any atom is 0.451 e. The van der Waals surface area contributed by atoms with Crippen LogP contribution in [0.5, 0.6) is 0 Å². The first-order chi connectivity index (χ1) is 8.91. The van der Waals surface area contributed by atoms with E-state index in [4.69, 9.17) is 16.3 Å². The molecule has 2 rings (SSSR count). The fourth-order valence-corrected chi connectivity index (χ4v) is 1.92. The van der Waals surface area contributed by atoms with E-state index in [2.05, 4.69) is 9.97 Å². The van der Waals surface area contributed by atoms with Gasteiger partial charge in [-0.2, -0.15) is 13.2 Å². The molecule has 4 nitrogen and oxygen atoms in total. The maximum atomic E-state index is 12.7. The standard InChI is InChI=1S/C11H13ClF3N3O/c1-19-5-4-18(7-2-3-7)9-6-8(12)16-10(17-9)11(13,14)15/h6-7H,2-5H2,1H3. The van der Waals surface area contributed by atoms with Crippen LogP contribution >= 0.6 is 11.6 Å². The van der Waals surface area contributed by atoms with Gasteiger partial charge in [-0.15, -0.1) is 0 Å². The molecule has 1 aliphatic carbocycles. The van der Waals surface area contributed by atoms with Crippen LogP contribution in [0, 0.1) is 0 Å². The van der Waals surface area contributed by atoms with Crippen LogP contribution in [0.2, 0.25) is 5.15 Å². The van der Waals surface area contributed by atoms with Gasteiger partial charge < -0.3 is 9.64 Å². The Morgan fingerprint density at radius 2 is 2.11 bits per heavy atom. The van der Waals surface area contributed by atoms with E-state index in [1.807, 2.05) is 0 Å². The van der Waals surface area contributed by atoms with Gasteiger partial charge >= 0.3 is 6.18 Å². The lowest BCUT2D eigenvalue weighted by Gasteiger charge is -2.23. The van der Waals surface area contributed by atoms with E-state index in [0.717, 1.165) is 12.8 Å². The highest BCUT2D eigenvalue weighted by Crippen LogP contribution is 2.33. The van der Waals surface area contributed by atoms with Crippen LogP contribution in [0.15, 0.2) is 6.07 Å². The second-order valence-electron chi connectivity index (χ2n) is 4.29. The normalized spacial score (nSPS) is 15.6. The third kappa shape index (κ3) is 3.70. The van der Waals surface area contributed by atoms with Crippen molar-refractivity contribution in [1.29, 1.82) is 0 Å². The summed E-state index contributed by atoms with van der Waals surface area (Å²) in [7, 11) is 1.54. The number of ether oxygens (including phenoxy) is 1. The van der Waals surface area contributed by atoms with Crippen molar-refractivity contribution in [2.24, 2.45) is 0 Å². The molecule has 1 aliphatic rings. The predicted octanol–water partition coefficient (Wildman–Crippen LogP) is 2.76. The molecule has 1 saturated carbocycles. The first kappa shape index (κ1) is 14.3. The summed E-state index contributed by atoms with van der Waals surface area (Å²) in [5, 5.41) is -0.208. The SMILES string of the molecule is COCCN(c1cc(Cl)nc(C(F)(F)F)n1)C1CC1. The minimum atomic E-state index is -4.60. The Labute approximate surface area is 113 Å². The topological polar surface area (TPSA) is 38.2 Å². The second kappa shape index (κ2) is 5.50. The number of anilines is 1. The maximum absolute atomic E-state index is 12.7. The monoisotopic (exact) mass is 295 g/mol. The van der Waals surface area contributed by atoms with Crippen LogP contribution in [0.4, 0.5) is 19.0 Å². The number of hydrogen-bond donors (Lipinski definition) is 0. The van der Waals surface area contributed by atoms with E-state index in [-0.39, 0.29) is 17.0 Å². The summed E-state index contributed by atoms with van der Waals surface area (Å²) in [5.74, 6) is -1.01. The molecule has 106 valence electrons. The van der Waals surface area contributed by atoms with Crippen molar-refractivity contribution in [2.75, 3.05) is 25.2 Å². The molecular formula is C11H13ClF3N3O. The van der Waals surface area contributed by atoms with Crippen LogP contribution in [0.1, 0.15) is 18.7 Å². The number of nitrogens with zero attached hydrogens (tertiary/aromatic N) is 3. The molecular weight excluding hydrogens is 283 g/mol. The van der Waals surface area contributed by atoms with Gasteiger partial charge in [-0.1, -0.05) is 11.6 Å². The van der Waals surface area contributed by atoms with Crippen molar-refractivity contribution >= 4 is 17.4 Å². The van der Waals surface area contributed by atoms with Crippen molar-refractivity contribution in [3.8, 4) is 0 Å². The third-order valence-electron chi connectivity index (χ3n) is 2.75. The lowest BCUT2D eigenvalue weighted by molar-refractivity contribution is -0.144. The quantitative estimate of drug-likeness (QED) is 0.783. The van der Waals surface area contributed by atoms with E-state index >= 15 is 0 Å². The molecule has 1 fully saturated rings. The Kier molecular flexibility index (Phi) is 4.15. The first-order valence-electron chi connectivity index (χ1n) is 5.79. The third-order valence-corrected chi connectivity index (χ3v) is 2.95. The molecule has 8 heteroatoms. The lowest BCUT2D eigenvalue weighted by Crippen LogP contribution is -2.31. The summed E-state index contributed by atoms with van der Waals surface area (Å²) in [6.07, 6.45) is -2.73. The molecule has 1 heterocycles. The summed E-state index contributed by atoms with van der Waals surface area (Å²) >= 11 is 5.65. The van der Waals surface area contributed by atoms with Gasteiger partial charge in [-0.3, -0.25) is 0 Å². The van der Waals surface area contributed by atoms with Gasteiger partial charge in [0.1, 0.15) is 11.0 Å². The zero-order valence-corrected chi connectivity index (χ0v) is 11.0.